The van der Waals surface area contributed by atoms with E-state index < -0.39 is 6.04 Å². The van der Waals surface area contributed by atoms with Crippen LogP contribution in [0.4, 0.5) is 0 Å². The van der Waals surface area contributed by atoms with E-state index in [0.717, 1.165) is 25.7 Å². The van der Waals surface area contributed by atoms with Crippen molar-refractivity contribution < 1.29 is 4.79 Å². The van der Waals surface area contributed by atoms with Gasteiger partial charge in [0.2, 0.25) is 5.91 Å². The lowest BCUT2D eigenvalue weighted by molar-refractivity contribution is -0.140. The van der Waals surface area contributed by atoms with E-state index >= 15 is 0 Å². The van der Waals surface area contributed by atoms with Crippen molar-refractivity contribution in [3.05, 3.63) is 0 Å². The number of nitriles is 1. The first-order chi connectivity index (χ1) is 9.01. The first-order valence-corrected chi connectivity index (χ1v) is 7.48. The van der Waals surface area contributed by atoms with Crippen LogP contribution in [0, 0.1) is 28.6 Å². The number of carbonyl (C=O) groups is 1. The Bertz CT molecular complexity index is 435. The third kappa shape index (κ3) is 1.71. The molecule has 2 aliphatic carbocycles. The molecule has 3 unspecified atom stereocenters. The van der Waals surface area contributed by atoms with Crippen LogP contribution in [0.2, 0.25) is 0 Å². The fraction of sp³-hybridized carbons (Fsp3) is 0.867. The highest BCUT2D eigenvalue weighted by Crippen LogP contribution is 2.52. The summed E-state index contributed by atoms with van der Waals surface area (Å²) < 4.78 is 0. The summed E-state index contributed by atoms with van der Waals surface area (Å²) in [6.07, 6.45) is 5.21. The van der Waals surface area contributed by atoms with Crippen molar-refractivity contribution in [3.8, 4) is 6.07 Å². The zero-order valence-corrected chi connectivity index (χ0v) is 11.8. The van der Waals surface area contributed by atoms with Crippen LogP contribution in [0.3, 0.4) is 0 Å². The molecule has 3 aliphatic rings. The Morgan fingerprint density at radius 2 is 2.11 bits per heavy atom. The molecule has 104 valence electrons. The molecule has 4 nitrogen and oxygen atoms in total. The molecule has 0 radical (unpaired) electrons. The van der Waals surface area contributed by atoms with Crippen LogP contribution in [-0.2, 0) is 4.79 Å². The lowest BCUT2D eigenvalue weighted by atomic mass is 9.58. The van der Waals surface area contributed by atoms with Gasteiger partial charge in [-0.15, -0.1) is 0 Å². The number of hydrogen-bond acceptors (Lipinski definition) is 3. The van der Waals surface area contributed by atoms with E-state index in [9.17, 15) is 10.1 Å². The average molecular weight is 261 g/mol. The minimum absolute atomic E-state index is 0.0237. The highest BCUT2D eigenvalue weighted by atomic mass is 16.2. The fourth-order valence-electron chi connectivity index (χ4n) is 4.13. The molecule has 0 aromatic rings. The van der Waals surface area contributed by atoms with Gasteiger partial charge in [-0.2, -0.15) is 5.26 Å². The molecule has 1 saturated heterocycles. The number of piperidine rings is 1. The molecule has 0 bridgehead atoms. The van der Waals surface area contributed by atoms with E-state index in [2.05, 4.69) is 19.9 Å². The monoisotopic (exact) mass is 261 g/mol. The van der Waals surface area contributed by atoms with Crippen molar-refractivity contribution in [2.24, 2.45) is 23.0 Å². The Balaban J connectivity index is 1.78. The summed E-state index contributed by atoms with van der Waals surface area (Å²) in [5.74, 6) is 1.03. The molecule has 4 heteroatoms. The van der Waals surface area contributed by atoms with Crippen molar-refractivity contribution >= 4 is 5.91 Å². The molecular formula is C15H23N3O. The van der Waals surface area contributed by atoms with E-state index in [0.29, 0.717) is 17.9 Å². The van der Waals surface area contributed by atoms with Gasteiger partial charge in [0.1, 0.15) is 6.04 Å². The molecule has 3 rings (SSSR count). The maximum atomic E-state index is 12.7. The molecule has 2 saturated carbocycles. The van der Waals surface area contributed by atoms with Gasteiger partial charge >= 0.3 is 0 Å². The van der Waals surface area contributed by atoms with Crippen molar-refractivity contribution in [1.29, 1.82) is 5.26 Å². The predicted octanol–water partition coefficient (Wildman–Crippen LogP) is 1.65. The lowest BCUT2D eigenvalue weighted by Crippen LogP contribution is -2.59. The number of carbonyl (C=O) groups excluding carboxylic acids is 1. The summed E-state index contributed by atoms with van der Waals surface area (Å²) >= 11 is 0. The van der Waals surface area contributed by atoms with Gasteiger partial charge in [0, 0.05) is 6.04 Å². The summed E-state index contributed by atoms with van der Waals surface area (Å²) in [7, 11) is 0. The van der Waals surface area contributed by atoms with Crippen molar-refractivity contribution in [1.82, 2.24) is 4.90 Å². The quantitative estimate of drug-likeness (QED) is 0.839. The normalized spacial score (nSPS) is 36.4. The lowest BCUT2D eigenvalue weighted by Gasteiger charge is -2.50. The molecule has 3 fully saturated rings. The maximum absolute atomic E-state index is 12.7. The number of amides is 1. The van der Waals surface area contributed by atoms with E-state index in [1.807, 2.05) is 4.90 Å². The Labute approximate surface area is 114 Å². The molecule has 1 amide bonds. The second kappa shape index (κ2) is 4.21. The molecule has 2 N–H and O–H groups in total. The van der Waals surface area contributed by atoms with Gasteiger partial charge in [-0.3, -0.25) is 4.79 Å². The predicted molar refractivity (Wildman–Crippen MR) is 71.9 cm³/mol. The van der Waals surface area contributed by atoms with Crippen molar-refractivity contribution in [2.75, 3.05) is 0 Å². The number of hydrogen-bond donors (Lipinski definition) is 1. The largest absolute Gasteiger partial charge is 0.322 e. The molecule has 4 atom stereocenters. The number of fused-ring (bicyclic) bond motifs is 1. The second-order valence-corrected chi connectivity index (χ2v) is 6.91. The van der Waals surface area contributed by atoms with Gasteiger partial charge in [0.25, 0.3) is 0 Å². The average Bonchev–Trinajstić information content (AvgIpc) is 2.97. The maximum Gasteiger partial charge on any atom is 0.241 e. The third-order valence-corrected chi connectivity index (χ3v) is 5.83. The number of likely N-dealkylation sites (tertiary alicyclic amines) is 1. The molecule has 0 aromatic heterocycles. The van der Waals surface area contributed by atoms with E-state index in [1.165, 1.54) is 6.42 Å². The number of nitrogens with zero attached hydrogens (tertiary/aromatic N) is 2. The van der Waals surface area contributed by atoms with Crippen molar-refractivity contribution in [3.63, 3.8) is 0 Å². The van der Waals surface area contributed by atoms with Gasteiger partial charge in [0.05, 0.1) is 12.1 Å². The van der Waals surface area contributed by atoms with Crippen LogP contribution in [0.1, 0.15) is 46.0 Å². The van der Waals surface area contributed by atoms with E-state index in [1.54, 1.807) is 0 Å². The van der Waals surface area contributed by atoms with Gasteiger partial charge in [-0.05, 0) is 42.9 Å². The molecular weight excluding hydrogens is 238 g/mol. The highest BCUT2D eigenvalue weighted by Gasteiger charge is 2.57. The number of nitrogens with two attached hydrogens (primary N) is 1. The molecule has 1 aliphatic heterocycles. The Morgan fingerprint density at radius 3 is 2.58 bits per heavy atom. The molecule has 0 spiro atoms. The summed E-state index contributed by atoms with van der Waals surface area (Å²) in [5.41, 5.74) is 6.31. The van der Waals surface area contributed by atoms with Gasteiger partial charge in [-0.1, -0.05) is 20.3 Å². The van der Waals surface area contributed by atoms with Crippen LogP contribution < -0.4 is 5.73 Å². The first kappa shape index (κ1) is 12.9. The smallest absolute Gasteiger partial charge is 0.241 e. The molecule has 19 heavy (non-hydrogen) atoms. The van der Waals surface area contributed by atoms with Crippen molar-refractivity contribution in [2.45, 2.75) is 64.1 Å². The first-order valence-electron chi connectivity index (χ1n) is 7.48. The molecule has 0 aromatic carbocycles. The minimum Gasteiger partial charge on any atom is -0.322 e. The third-order valence-electron chi connectivity index (χ3n) is 5.83. The van der Waals surface area contributed by atoms with Crippen LogP contribution in [0.15, 0.2) is 0 Å². The fourth-order valence-corrected chi connectivity index (χ4v) is 4.13. The second-order valence-electron chi connectivity index (χ2n) is 6.91. The van der Waals surface area contributed by atoms with Crippen LogP contribution in [0.25, 0.3) is 0 Å². The SMILES string of the molecule is CC(C)C1([C@H](N)C(=O)N2C(C#N)CC3CC32)CCC1. The Hall–Kier alpha value is -1.08. The van der Waals surface area contributed by atoms with Crippen LogP contribution in [0.5, 0.6) is 0 Å². The highest BCUT2D eigenvalue weighted by molar-refractivity contribution is 5.84. The van der Waals surface area contributed by atoms with Gasteiger partial charge in [-0.25, -0.2) is 0 Å². The summed E-state index contributed by atoms with van der Waals surface area (Å²) in [5, 5.41) is 9.20. The van der Waals surface area contributed by atoms with E-state index in [-0.39, 0.29) is 17.4 Å². The van der Waals surface area contributed by atoms with Gasteiger partial charge in [0.15, 0.2) is 0 Å². The summed E-state index contributed by atoms with van der Waals surface area (Å²) in [4.78, 5) is 14.6. The minimum atomic E-state index is -0.420. The summed E-state index contributed by atoms with van der Waals surface area (Å²) in [6.45, 7) is 4.33. The zero-order valence-electron chi connectivity index (χ0n) is 11.8. The topological polar surface area (TPSA) is 70.1 Å². The zero-order chi connectivity index (χ0) is 13.8. The summed E-state index contributed by atoms with van der Waals surface area (Å²) in [6, 6.07) is 1.94. The number of rotatable bonds is 3. The standard InChI is InChI=1S/C15H23N3O/c1-9(2)15(4-3-5-15)13(17)14(19)18-11(8-16)6-10-7-12(10)18/h9-13H,3-7,17H2,1-2H3/t10?,11?,12?,13-/m1/s1. The van der Waals surface area contributed by atoms with Crippen LogP contribution in [-0.4, -0.2) is 28.9 Å². The van der Waals surface area contributed by atoms with E-state index in [4.69, 9.17) is 5.73 Å². The van der Waals surface area contributed by atoms with Gasteiger partial charge < -0.3 is 10.6 Å². The Kier molecular flexibility index (Phi) is 2.86. The molecule has 1 heterocycles. The Morgan fingerprint density at radius 1 is 1.42 bits per heavy atom. The van der Waals surface area contributed by atoms with Crippen LogP contribution >= 0.6 is 0 Å².